The van der Waals surface area contributed by atoms with Gasteiger partial charge in [-0.1, -0.05) is 12.1 Å². The fourth-order valence-electron chi connectivity index (χ4n) is 1.83. The average Bonchev–Trinajstić information content (AvgIpc) is 2.49. The summed E-state index contributed by atoms with van der Waals surface area (Å²) in [4.78, 5) is 23.5. The van der Waals surface area contributed by atoms with E-state index in [9.17, 15) is 9.59 Å². The van der Waals surface area contributed by atoms with Gasteiger partial charge < -0.3 is 10.1 Å². The van der Waals surface area contributed by atoms with Crippen molar-refractivity contribution >= 4 is 40.0 Å². The van der Waals surface area contributed by atoms with Crippen LogP contribution >= 0.6 is 22.6 Å². The van der Waals surface area contributed by atoms with Gasteiger partial charge in [0.25, 0.3) is 5.91 Å². The molecule has 1 N–H and O–H groups in total. The third-order valence-corrected chi connectivity index (χ3v) is 3.75. The first-order valence-electron chi connectivity index (χ1n) is 6.80. The smallest absolute Gasteiger partial charge is 0.265 e. The molecule has 0 saturated carbocycles. The third-order valence-electron chi connectivity index (χ3n) is 3.03. The number of halogens is 1. The van der Waals surface area contributed by atoms with Crippen LogP contribution in [0.2, 0.25) is 0 Å². The van der Waals surface area contributed by atoms with E-state index in [-0.39, 0.29) is 11.7 Å². The van der Waals surface area contributed by atoms with Crippen molar-refractivity contribution in [3.05, 3.63) is 57.7 Å². The summed E-state index contributed by atoms with van der Waals surface area (Å²) in [6.45, 7) is 3.17. The zero-order valence-electron chi connectivity index (χ0n) is 12.3. The summed E-state index contributed by atoms with van der Waals surface area (Å²) in [5, 5.41) is 2.75. The second kappa shape index (κ2) is 7.40. The summed E-state index contributed by atoms with van der Waals surface area (Å²) < 4.78 is 6.70. The van der Waals surface area contributed by atoms with Crippen LogP contribution in [0.3, 0.4) is 0 Å². The average molecular weight is 409 g/mol. The second-order valence-corrected chi connectivity index (χ2v) is 6.09. The van der Waals surface area contributed by atoms with Crippen LogP contribution in [0, 0.1) is 3.57 Å². The lowest BCUT2D eigenvalue weighted by Crippen LogP contribution is -2.30. The molecule has 0 aliphatic rings. The molecule has 0 spiro atoms. The maximum absolute atomic E-state index is 12.1. The molecule has 1 unspecified atom stereocenters. The summed E-state index contributed by atoms with van der Waals surface area (Å²) in [6.07, 6.45) is -0.638. The van der Waals surface area contributed by atoms with Crippen LogP contribution in [0.5, 0.6) is 5.75 Å². The molecule has 2 rings (SSSR count). The van der Waals surface area contributed by atoms with Crippen molar-refractivity contribution in [3.8, 4) is 5.75 Å². The fourth-order valence-corrected chi connectivity index (χ4v) is 2.19. The van der Waals surface area contributed by atoms with E-state index in [4.69, 9.17) is 4.74 Å². The van der Waals surface area contributed by atoms with E-state index in [0.717, 1.165) is 3.57 Å². The number of hydrogen-bond acceptors (Lipinski definition) is 3. The van der Waals surface area contributed by atoms with Gasteiger partial charge in [-0.2, -0.15) is 0 Å². The van der Waals surface area contributed by atoms with Crippen molar-refractivity contribution in [1.82, 2.24) is 0 Å². The number of nitrogens with one attached hydrogen (secondary N) is 1. The predicted molar refractivity (Wildman–Crippen MR) is 94.3 cm³/mol. The first-order valence-corrected chi connectivity index (χ1v) is 7.87. The van der Waals surface area contributed by atoms with Crippen LogP contribution in [0.15, 0.2) is 48.5 Å². The molecule has 0 aromatic heterocycles. The fraction of sp³-hybridized carbons (Fsp3) is 0.176. The Morgan fingerprint density at radius 1 is 1.14 bits per heavy atom. The molecule has 0 radical (unpaired) electrons. The first-order chi connectivity index (χ1) is 10.5. The highest BCUT2D eigenvalue weighted by molar-refractivity contribution is 14.1. The highest BCUT2D eigenvalue weighted by Crippen LogP contribution is 2.16. The number of anilines is 1. The van der Waals surface area contributed by atoms with Gasteiger partial charge in [0, 0.05) is 14.8 Å². The molecule has 0 bridgehead atoms. The quantitative estimate of drug-likeness (QED) is 0.602. The number of benzene rings is 2. The number of amides is 1. The monoisotopic (exact) mass is 409 g/mol. The minimum absolute atomic E-state index is 0.0423. The van der Waals surface area contributed by atoms with Gasteiger partial charge >= 0.3 is 0 Å². The Labute approximate surface area is 143 Å². The molecular formula is C17H16INO3. The van der Waals surface area contributed by atoms with Crippen LogP contribution in [0.1, 0.15) is 24.2 Å². The van der Waals surface area contributed by atoms with Crippen molar-refractivity contribution in [2.45, 2.75) is 20.0 Å². The number of ketones is 1. The van der Waals surface area contributed by atoms with Gasteiger partial charge in [0.15, 0.2) is 11.9 Å². The van der Waals surface area contributed by atoms with Crippen LogP contribution in [0.25, 0.3) is 0 Å². The first kappa shape index (κ1) is 16.5. The van der Waals surface area contributed by atoms with Gasteiger partial charge in [-0.25, -0.2) is 0 Å². The number of carbonyl (C=O) groups is 2. The largest absolute Gasteiger partial charge is 0.481 e. The molecule has 0 aliphatic heterocycles. The molecule has 0 fully saturated rings. The van der Waals surface area contributed by atoms with E-state index in [1.54, 1.807) is 31.2 Å². The highest BCUT2D eigenvalue weighted by Gasteiger charge is 2.15. The second-order valence-electron chi connectivity index (χ2n) is 4.84. The Balaban J connectivity index is 2.00. The standard InChI is InChI=1S/C17H16INO3/c1-11(20)13-4-3-5-15(10-13)19-17(21)12(2)22-16-8-6-14(18)7-9-16/h3-10,12H,1-2H3,(H,19,21). The summed E-state index contributed by atoms with van der Waals surface area (Å²) >= 11 is 2.20. The lowest BCUT2D eigenvalue weighted by Gasteiger charge is -2.15. The molecule has 0 aliphatic carbocycles. The number of hydrogen-bond donors (Lipinski definition) is 1. The molecule has 2 aromatic carbocycles. The van der Waals surface area contributed by atoms with Gasteiger partial charge in [0.2, 0.25) is 0 Å². The van der Waals surface area contributed by atoms with E-state index in [1.165, 1.54) is 6.92 Å². The SMILES string of the molecule is CC(=O)c1cccc(NC(=O)C(C)Oc2ccc(I)cc2)c1. The Kier molecular flexibility index (Phi) is 5.54. The lowest BCUT2D eigenvalue weighted by molar-refractivity contribution is -0.122. The van der Waals surface area contributed by atoms with Crippen molar-refractivity contribution in [2.24, 2.45) is 0 Å². The molecule has 1 atom stereocenters. The van der Waals surface area contributed by atoms with Crippen LogP contribution in [-0.4, -0.2) is 17.8 Å². The van der Waals surface area contributed by atoms with Crippen molar-refractivity contribution in [3.63, 3.8) is 0 Å². The molecule has 0 saturated heterocycles. The van der Waals surface area contributed by atoms with E-state index in [0.29, 0.717) is 17.0 Å². The predicted octanol–water partition coefficient (Wildman–Crippen LogP) is 3.90. The topological polar surface area (TPSA) is 55.4 Å². The maximum Gasteiger partial charge on any atom is 0.265 e. The van der Waals surface area contributed by atoms with E-state index in [2.05, 4.69) is 27.9 Å². The van der Waals surface area contributed by atoms with Crippen molar-refractivity contribution in [1.29, 1.82) is 0 Å². The molecule has 2 aromatic rings. The number of Topliss-reactive ketones (excluding diaryl/α,β-unsaturated/α-hetero) is 1. The molecule has 0 heterocycles. The van der Waals surface area contributed by atoms with Crippen LogP contribution in [-0.2, 0) is 4.79 Å². The molecule has 22 heavy (non-hydrogen) atoms. The minimum atomic E-state index is -0.638. The maximum atomic E-state index is 12.1. The summed E-state index contributed by atoms with van der Waals surface area (Å²) in [5.41, 5.74) is 1.14. The number of carbonyl (C=O) groups excluding carboxylic acids is 2. The Bertz CT molecular complexity index is 683. The van der Waals surface area contributed by atoms with Gasteiger partial charge in [0.05, 0.1) is 0 Å². The minimum Gasteiger partial charge on any atom is -0.481 e. The third kappa shape index (κ3) is 4.56. The van der Waals surface area contributed by atoms with Crippen molar-refractivity contribution < 1.29 is 14.3 Å². The Morgan fingerprint density at radius 2 is 1.82 bits per heavy atom. The van der Waals surface area contributed by atoms with Crippen molar-refractivity contribution in [2.75, 3.05) is 5.32 Å². The lowest BCUT2D eigenvalue weighted by atomic mass is 10.1. The van der Waals surface area contributed by atoms with Gasteiger partial charge in [-0.05, 0) is 72.8 Å². The normalized spacial score (nSPS) is 11.6. The zero-order valence-corrected chi connectivity index (χ0v) is 14.5. The summed E-state index contributed by atoms with van der Waals surface area (Å²) in [6, 6.07) is 14.3. The van der Waals surface area contributed by atoms with Gasteiger partial charge in [0.1, 0.15) is 5.75 Å². The van der Waals surface area contributed by atoms with E-state index < -0.39 is 6.10 Å². The van der Waals surface area contributed by atoms with E-state index >= 15 is 0 Å². The Hall–Kier alpha value is -1.89. The molecule has 5 heteroatoms. The number of ether oxygens (including phenoxy) is 1. The van der Waals surface area contributed by atoms with Gasteiger partial charge in [-0.3, -0.25) is 9.59 Å². The highest BCUT2D eigenvalue weighted by atomic mass is 127. The molecule has 4 nitrogen and oxygen atoms in total. The zero-order chi connectivity index (χ0) is 16.1. The molecule has 114 valence electrons. The number of rotatable bonds is 5. The summed E-state index contributed by atoms with van der Waals surface area (Å²) in [5.74, 6) is 0.332. The van der Waals surface area contributed by atoms with Gasteiger partial charge in [-0.15, -0.1) is 0 Å². The van der Waals surface area contributed by atoms with E-state index in [1.807, 2.05) is 24.3 Å². The Morgan fingerprint density at radius 3 is 2.45 bits per heavy atom. The van der Waals surface area contributed by atoms with Crippen LogP contribution < -0.4 is 10.1 Å². The summed E-state index contributed by atoms with van der Waals surface area (Å²) in [7, 11) is 0. The molecule has 1 amide bonds. The van der Waals surface area contributed by atoms with Crippen LogP contribution in [0.4, 0.5) is 5.69 Å². The molecular weight excluding hydrogens is 393 g/mol.